The van der Waals surface area contributed by atoms with E-state index in [9.17, 15) is 9.59 Å². The molecule has 1 aliphatic rings. The number of aromatic nitrogens is 1. The van der Waals surface area contributed by atoms with Crippen LogP contribution in [-0.2, 0) is 9.59 Å². The molecule has 3 aromatic rings. The highest BCUT2D eigenvalue weighted by molar-refractivity contribution is 7.18. The fourth-order valence-electron chi connectivity index (χ4n) is 3.16. The van der Waals surface area contributed by atoms with Crippen LogP contribution in [0, 0.1) is 6.92 Å². The van der Waals surface area contributed by atoms with Crippen molar-refractivity contribution in [3.05, 3.63) is 59.1 Å². The van der Waals surface area contributed by atoms with Crippen LogP contribution in [0.4, 0.5) is 11.4 Å². The summed E-state index contributed by atoms with van der Waals surface area (Å²) in [5.74, 6) is -0.0137. The minimum absolute atomic E-state index is 0.172. The largest absolute Gasteiger partial charge is 0.322 e. The Labute approximate surface area is 161 Å². The SMILES string of the molecule is Cc1nc2ccc(NC(=O)/C=C/c3ccc(N4CCCC4=O)cc3)cc2s1. The third-order valence-electron chi connectivity index (χ3n) is 4.47. The number of rotatable bonds is 4. The van der Waals surface area contributed by atoms with Gasteiger partial charge in [0, 0.05) is 30.4 Å². The molecule has 0 unspecified atom stereocenters. The number of thiazole rings is 1. The van der Waals surface area contributed by atoms with Crippen molar-refractivity contribution >= 4 is 50.8 Å². The number of hydrogen-bond acceptors (Lipinski definition) is 4. The van der Waals surface area contributed by atoms with Crippen LogP contribution < -0.4 is 10.2 Å². The first-order chi connectivity index (χ1) is 13.1. The summed E-state index contributed by atoms with van der Waals surface area (Å²) in [6.45, 7) is 2.75. The van der Waals surface area contributed by atoms with E-state index in [-0.39, 0.29) is 11.8 Å². The molecule has 136 valence electrons. The number of aryl methyl sites for hydroxylation is 1. The topological polar surface area (TPSA) is 62.3 Å². The van der Waals surface area contributed by atoms with Gasteiger partial charge in [-0.15, -0.1) is 11.3 Å². The Bertz CT molecular complexity index is 1040. The van der Waals surface area contributed by atoms with Crippen molar-refractivity contribution in [3.8, 4) is 0 Å². The number of anilines is 2. The fraction of sp³-hybridized carbons (Fsp3) is 0.190. The third-order valence-corrected chi connectivity index (χ3v) is 5.40. The second-order valence-electron chi connectivity index (χ2n) is 6.48. The molecule has 0 spiro atoms. The van der Waals surface area contributed by atoms with E-state index in [4.69, 9.17) is 0 Å². The molecule has 0 bridgehead atoms. The maximum atomic E-state index is 12.2. The Morgan fingerprint density at radius 1 is 1.22 bits per heavy atom. The average molecular weight is 377 g/mol. The first-order valence-corrected chi connectivity index (χ1v) is 9.67. The summed E-state index contributed by atoms with van der Waals surface area (Å²) in [5, 5.41) is 3.88. The molecule has 2 aromatic carbocycles. The summed E-state index contributed by atoms with van der Waals surface area (Å²) >= 11 is 1.61. The normalized spacial score (nSPS) is 14.4. The molecule has 2 heterocycles. The lowest BCUT2D eigenvalue weighted by Crippen LogP contribution is -2.23. The second kappa shape index (κ2) is 7.32. The summed E-state index contributed by atoms with van der Waals surface area (Å²) in [4.78, 5) is 30.2. The van der Waals surface area contributed by atoms with Crippen LogP contribution >= 0.6 is 11.3 Å². The minimum atomic E-state index is -0.186. The van der Waals surface area contributed by atoms with Crippen molar-refractivity contribution in [2.75, 3.05) is 16.8 Å². The number of carbonyl (C=O) groups excluding carboxylic acids is 2. The maximum Gasteiger partial charge on any atom is 0.248 e. The van der Waals surface area contributed by atoms with Crippen molar-refractivity contribution in [1.29, 1.82) is 0 Å². The molecule has 2 amide bonds. The molecular weight excluding hydrogens is 358 g/mol. The molecule has 6 heteroatoms. The van der Waals surface area contributed by atoms with Gasteiger partial charge in [0.15, 0.2) is 0 Å². The number of carbonyl (C=O) groups is 2. The van der Waals surface area contributed by atoms with Gasteiger partial charge >= 0.3 is 0 Å². The second-order valence-corrected chi connectivity index (χ2v) is 7.71. The van der Waals surface area contributed by atoms with Crippen molar-refractivity contribution in [2.45, 2.75) is 19.8 Å². The zero-order valence-corrected chi connectivity index (χ0v) is 15.8. The van der Waals surface area contributed by atoms with Crippen LogP contribution in [0.3, 0.4) is 0 Å². The van der Waals surface area contributed by atoms with Crippen molar-refractivity contribution in [3.63, 3.8) is 0 Å². The van der Waals surface area contributed by atoms with Crippen LogP contribution in [0.25, 0.3) is 16.3 Å². The highest BCUT2D eigenvalue weighted by atomic mass is 32.1. The molecule has 4 rings (SSSR count). The maximum absolute atomic E-state index is 12.2. The number of nitrogens with one attached hydrogen (secondary N) is 1. The summed E-state index contributed by atoms with van der Waals surface area (Å²) in [6.07, 6.45) is 4.81. The molecule has 1 N–H and O–H groups in total. The molecule has 27 heavy (non-hydrogen) atoms. The Balaban J connectivity index is 1.40. The third kappa shape index (κ3) is 3.90. The van der Waals surface area contributed by atoms with Gasteiger partial charge < -0.3 is 10.2 Å². The van der Waals surface area contributed by atoms with E-state index in [1.54, 1.807) is 22.3 Å². The van der Waals surface area contributed by atoms with E-state index in [0.29, 0.717) is 6.42 Å². The van der Waals surface area contributed by atoms with Crippen molar-refractivity contribution in [1.82, 2.24) is 4.98 Å². The van der Waals surface area contributed by atoms with E-state index < -0.39 is 0 Å². The highest BCUT2D eigenvalue weighted by Gasteiger charge is 2.21. The minimum Gasteiger partial charge on any atom is -0.322 e. The summed E-state index contributed by atoms with van der Waals surface area (Å²) in [6, 6.07) is 13.4. The number of benzene rings is 2. The van der Waals surface area contributed by atoms with Gasteiger partial charge in [-0.3, -0.25) is 9.59 Å². The molecule has 0 radical (unpaired) electrons. The lowest BCUT2D eigenvalue weighted by Gasteiger charge is -2.15. The quantitative estimate of drug-likeness (QED) is 0.686. The van der Waals surface area contributed by atoms with Crippen molar-refractivity contribution in [2.24, 2.45) is 0 Å². The van der Waals surface area contributed by atoms with E-state index in [2.05, 4.69) is 10.3 Å². The Morgan fingerprint density at radius 2 is 2.04 bits per heavy atom. The monoisotopic (exact) mass is 377 g/mol. The summed E-state index contributed by atoms with van der Waals surface area (Å²) in [7, 11) is 0. The first kappa shape index (κ1) is 17.4. The van der Waals surface area contributed by atoms with Crippen LogP contribution in [0.1, 0.15) is 23.4 Å². The van der Waals surface area contributed by atoms with Gasteiger partial charge in [-0.05, 0) is 55.3 Å². The number of nitrogens with zero attached hydrogens (tertiary/aromatic N) is 2. The standard InChI is InChI=1S/C21H19N3O2S/c1-14-22-18-10-7-16(13-19(18)27-14)23-20(25)11-6-15-4-8-17(9-5-15)24-12-2-3-21(24)26/h4-11,13H,2-3,12H2,1H3,(H,23,25)/b11-6+. The van der Waals surface area contributed by atoms with Crippen LogP contribution in [0.15, 0.2) is 48.5 Å². The zero-order chi connectivity index (χ0) is 18.8. The molecular formula is C21H19N3O2S. The molecule has 1 saturated heterocycles. The summed E-state index contributed by atoms with van der Waals surface area (Å²) < 4.78 is 1.06. The van der Waals surface area contributed by atoms with Gasteiger partial charge in [0.05, 0.1) is 15.2 Å². The van der Waals surface area contributed by atoms with Crippen LogP contribution in [-0.4, -0.2) is 23.3 Å². The van der Waals surface area contributed by atoms with Gasteiger partial charge in [0.25, 0.3) is 0 Å². The molecule has 0 saturated carbocycles. The smallest absolute Gasteiger partial charge is 0.248 e. The molecule has 0 atom stereocenters. The van der Waals surface area contributed by atoms with Crippen molar-refractivity contribution < 1.29 is 9.59 Å². The molecule has 1 aliphatic heterocycles. The number of amides is 2. The first-order valence-electron chi connectivity index (χ1n) is 8.85. The van der Waals surface area contributed by atoms with Gasteiger partial charge in [-0.2, -0.15) is 0 Å². The molecule has 0 aliphatic carbocycles. The highest BCUT2D eigenvalue weighted by Crippen LogP contribution is 2.25. The predicted molar refractivity (Wildman–Crippen MR) is 110 cm³/mol. The van der Waals surface area contributed by atoms with Gasteiger partial charge in [0.2, 0.25) is 11.8 Å². The van der Waals surface area contributed by atoms with Crippen LogP contribution in [0.2, 0.25) is 0 Å². The van der Waals surface area contributed by atoms with E-state index in [1.807, 2.05) is 49.4 Å². The Kier molecular flexibility index (Phi) is 4.73. The lowest BCUT2D eigenvalue weighted by molar-refractivity contribution is -0.117. The Hall–Kier alpha value is -2.99. The molecule has 1 aromatic heterocycles. The van der Waals surface area contributed by atoms with Gasteiger partial charge in [-0.1, -0.05) is 12.1 Å². The predicted octanol–water partition coefficient (Wildman–Crippen LogP) is 4.38. The van der Waals surface area contributed by atoms with Gasteiger partial charge in [-0.25, -0.2) is 4.98 Å². The lowest BCUT2D eigenvalue weighted by atomic mass is 10.2. The van der Waals surface area contributed by atoms with Gasteiger partial charge in [0.1, 0.15) is 0 Å². The Morgan fingerprint density at radius 3 is 2.78 bits per heavy atom. The molecule has 1 fully saturated rings. The van der Waals surface area contributed by atoms with Crippen LogP contribution in [0.5, 0.6) is 0 Å². The summed E-state index contributed by atoms with van der Waals surface area (Å²) in [5.41, 5.74) is 3.52. The number of hydrogen-bond donors (Lipinski definition) is 1. The average Bonchev–Trinajstić information content (AvgIpc) is 3.24. The number of fused-ring (bicyclic) bond motifs is 1. The zero-order valence-electron chi connectivity index (χ0n) is 14.9. The van der Waals surface area contributed by atoms with E-state index >= 15 is 0 Å². The molecule has 5 nitrogen and oxygen atoms in total. The fourth-order valence-corrected chi connectivity index (χ4v) is 4.03. The van der Waals surface area contributed by atoms with E-state index in [0.717, 1.165) is 45.1 Å². The van der Waals surface area contributed by atoms with E-state index in [1.165, 1.54) is 6.08 Å².